The van der Waals surface area contributed by atoms with Gasteiger partial charge in [-0.05, 0) is 17.7 Å². The second kappa shape index (κ2) is 4.01. The molecule has 88 valence electrons. The van der Waals surface area contributed by atoms with E-state index in [1.54, 1.807) is 0 Å². The van der Waals surface area contributed by atoms with Gasteiger partial charge in [-0.15, -0.1) is 0 Å². The van der Waals surface area contributed by atoms with Gasteiger partial charge in [0, 0.05) is 11.1 Å². The molecule has 0 radical (unpaired) electrons. The van der Waals surface area contributed by atoms with Crippen LogP contribution in [0.3, 0.4) is 0 Å². The van der Waals surface area contributed by atoms with Crippen molar-refractivity contribution in [1.29, 1.82) is 0 Å². The number of hydrogen-bond donors (Lipinski definition) is 0. The Morgan fingerprint density at radius 1 is 1.12 bits per heavy atom. The minimum absolute atomic E-state index is 0.414. The predicted octanol–water partition coefficient (Wildman–Crippen LogP) is 3.72. The first kappa shape index (κ1) is 12.9. The highest BCUT2D eigenvalue weighted by molar-refractivity contribution is 6.67. The average Bonchev–Trinajstić information content (AvgIpc) is 2.16. The molecule has 1 aromatic rings. The summed E-state index contributed by atoms with van der Waals surface area (Å²) in [5.74, 6) is -5.00. The molecule has 0 aliphatic heterocycles. The third-order valence-corrected chi connectivity index (χ3v) is 2.03. The van der Waals surface area contributed by atoms with Gasteiger partial charge in [0.05, 0.1) is 0 Å². The molecule has 1 aromatic carbocycles. The van der Waals surface area contributed by atoms with Crippen LogP contribution in [-0.4, -0.2) is 11.4 Å². The van der Waals surface area contributed by atoms with Gasteiger partial charge in [-0.2, -0.15) is 22.0 Å². The maximum atomic E-state index is 12.8. The van der Waals surface area contributed by atoms with Crippen molar-refractivity contribution in [2.45, 2.75) is 12.1 Å². The summed E-state index contributed by atoms with van der Waals surface area (Å²) in [4.78, 5) is 10.6. The number of alkyl halides is 5. The zero-order valence-electron chi connectivity index (χ0n) is 7.49. The molecule has 0 spiro atoms. The van der Waals surface area contributed by atoms with Crippen molar-refractivity contribution < 1.29 is 26.7 Å². The molecule has 0 amide bonds. The molecule has 0 aliphatic rings. The fourth-order valence-corrected chi connectivity index (χ4v) is 1.12. The molecule has 0 heterocycles. The maximum absolute atomic E-state index is 12.8. The van der Waals surface area contributed by atoms with Crippen LogP contribution in [0.15, 0.2) is 24.3 Å². The Morgan fingerprint density at radius 3 is 2.12 bits per heavy atom. The summed E-state index contributed by atoms with van der Waals surface area (Å²) >= 11 is 4.97. The Hall–Kier alpha value is -1.17. The first-order valence-electron chi connectivity index (χ1n) is 3.91. The molecule has 0 aromatic heterocycles. The second-order valence-electron chi connectivity index (χ2n) is 2.93. The molecule has 0 N–H and O–H groups in total. The van der Waals surface area contributed by atoms with Crippen molar-refractivity contribution in [2.24, 2.45) is 0 Å². The van der Waals surface area contributed by atoms with E-state index in [4.69, 9.17) is 11.6 Å². The van der Waals surface area contributed by atoms with Crippen molar-refractivity contribution in [3.63, 3.8) is 0 Å². The van der Waals surface area contributed by atoms with E-state index in [-0.39, 0.29) is 0 Å². The summed E-state index contributed by atoms with van der Waals surface area (Å²) in [7, 11) is 0. The Morgan fingerprint density at radius 2 is 1.69 bits per heavy atom. The molecule has 0 fully saturated rings. The van der Waals surface area contributed by atoms with Gasteiger partial charge in [0.2, 0.25) is 0 Å². The van der Waals surface area contributed by atoms with E-state index in [1.807, 2.05) is 0 Å². The Kier molecular flexibility index (Phi) is 3.23. The Bertz CT molecular complexity index is 413. The zero-order valence-corrected chi connectivity index (χ0v) is 8.24. The number of hydrogen-bond acceptors (Lipinski definition) is 1. The molecule has 0 bridgehead atoms. The summed E-state index contributed by atoms with van der Waals surface area (Å²) in [5, 5.41) is -1.10. The van der Waals surface area contributed by atoms with Gasteiger partial charge < -0.3 is 0 Å². The number of carbonyl (C=O) groups excluding carboxylic acids is 1. The predicted molar refractivity (Wildman–Crippen MR) is 46.6 cm³/mol. The highest BCUT2D eigenvalue weighted by atomic mass is 35.5. The third-order valence-electron chi connectivity index (χ3n) is 1.81. The Balaban J connectivity index is 3.24. The van der Waals surface area contributed by atoms with Crippen molar-refractivity contribution in [3.05, 3.63) is 35.4 Å². The molecule has 16 heavy (non-hydrogen) atoms. The van der Waals surface area contributed by atoms with E-state index in [9.17, 15) is 26.7 Å². The number of carbonyl (C=O) groups is 1. The van der Waals surface area contributed by atoms with Crippen LogP contribution < -0.4 is 0 Å². The van der Waals surface area contributed by atoms with Crippen LogP contribution in [0, 0.1) is 0 Å². The van der Waals surface area contributed by atoms with Gasteiger partial charge in [-0.3, -0.25) is 4.79 Å². The topological polar surface area (TPSA) is 17.1 Å². The number of benzene rings is 1. The van der Waals surface area contributed by atoms with Gasteiger partial charge in [-0.1, -0.05) is 18.2 Å². The van der Waals surface area contributed by atoms with Crippen LogP contribution >= 0.6 is 11.6 Å². The van der Waals surface area contributed by atoms with Crippen LogP contribution in [0.2, 0.25) is 0 Å². The molecule has 0 saturated heterocycles. The van der Waals surface area contributed by atoms with E-state index in [0.29, 0.717) is 12.1 Å². The van der Waals surface area contributed by atoms with Crippen LogP contribution in [0.5, 0.6) is 0 Å². The average molecular weight is 259 g/mol. The van der Waals surface area contributed by atoms with Crippen LogP contribution in [0.1, 0.15) is 15.9 Å². The van der Waals surface area contributed by atoms with Crippen molar-refractivity contribution in [2.75, 3.05) is 0 Å². The lowest BCUT2D eigenvalue weighted by molar-refractivity contribution is -0.289. The molecule has 1 nitrogen and oxygen atoms in total. The molecule has 1 rings (SSSR count). The fraction of sp³-hybridized carbons (Fsp3) is 0.222. The molecule has 7 heteroatoms. The normalized spacial score (nSPS) is 12.6. The molecular formula is C9H4ClF5O. The highest BCUT2D eigenvalue weighted by Crippen LogP contribution is 2.43. The summed E-state index contributed by atoms with van der Waals surface area (Å²) in [5.41, 5.74) is -1.73. The fourth-order valence-electron chi connectivity index (χ4n) is 1.00. The molecular weight excluding hydrogens is 255 g/mol. The lowest BCUT2D eigenvalue weighted by Crippen LogP contribution is -2.33. The largest absolute Gasteiger partial charge is 0.458 e. The van der Waals surface area contributed by atoms with E-state index >= 15 is 0 Å². The van der Waals surface area contributed by atoms with Gasteiger partial charge in [0.15, 0.2) is 0 Å². The number of halogens is 6. The quantitative estimate of drug-likeness (QED) is 0.584. The van der Waals surface area contributed by atoms with Gasteiger partial charge in [-0.25, -0.2) is 0 Å². The molecule has 0 unspecified atom stereocenters. The van der Waals surface area contributed by atoms with E-state index in [2.05, 4.69) is 0 Å². The third kappa shape index (κ3) is 2.32. The van der Waals surface area contributed by atoms with E-state index in [1.165, 1.54) is 0 Å². The first-order chi connectivity index (χ1) is 7.16. The minimum atomic E-state index is -5.71. The van der Waals surface area contributed by atoms with E-state index in [0.717, 1.165) is 12.1 Å². The summed E-state index contributed by atoms with van der Waals surface area (Å²) < 4.78 is 61.6. The van der Waals surface area contributed by atoms with Gasteiger partial charge in [0.25, 0.3) is 5.24 Å². The maximum Gasteiger partial charge on any atom is 0.458 e. The lowest BCUT2D eigenvalue weighted by atomic mass is 10.1. The van der Waals surface area contributed by atoms with Crippen molar-refractivity contribution in [3.8, 4) is 0 Å². The summed E-state index contributed by atoms with van der Waals surface area (Å²) in [6, 6.07) is 2.95. The smallest absolute Gasteiger partial charge is 0.276 e. The van der Waals surface area contributed by atoms with Crippen LogP contribution in [0.25, 0.3) is 0 Å². The summed E-state index contributed by atoms with van der Waals surface area (Å²) in [6.45, 7) is 0. The lowest BCUT2D eigenvalue weighted by Gasteiger charge is -2.19. The monoisotopic (exact) mass is 258 g/mol. The van der Waals surface area contributed by atoms with Gasteiger partial charge in [0.1, 0.15) is 0 Å². The van der Waals surface area contributed by atoms with Gasteiger partial charge >= 0.3 is 12.1 Å². The zero-order chi connectivity index (χ0) is 12.6. The molecule has 0 saturated carbocycles. The molecule has 0 atom stereocenters. The van der Waals surface area contributed by atoms with Crippen LogP contribution in [-0.2, 0) is 5.92 Å². The van der Waals surface area contributed by atoms with Crippen molar-refractivity contribution >= 4 is 16.8 Å². The first-order valence-corrected chi connectivity index (χ1v) is 4.29. The molecule has 0 aliphatic carbocycles. The van der Waals surface area contributed by atoms with Crippen molar-refractivity contribution in [1.82, 2.24) is 0 Å². The highest BCUT2D eigenvalue weighted by Gasteiger charge is 2.58. The Labute approximate surface area is 91.8 Å². The summed E-state index contributed by atoms with van der Waals surface area (Å²) in [6.07, 6.45) is -5.71. The van der Waals surface area contributed by atoms with Crippen LogP contribution in [0.4, 0.5) is 22.0 Å². The number of rotatable bonds is 2. The minimum Gasteiger partial charge on any atom is -0.276 e. The second-order valence-corrected chi connectivity index (χ2v) is 3.27. The SMILES string of the molecule is O=C(Cl)c1cccc(C(F)(F)C(F)(F)F)c1. The standard InChI is InChI=1S/C9H4ClF5O/c10-7(16)5-2-1-3-6(4-5)8(11,12)9(13,14)15/h1-4H. The van der Waals surface area contributed by atoms with E-state index < -0.39 is 28.5 Å².